The van der Waals surface area contributed by atoms with Crippen LogP contribution in [0.3, 0.4) is 0 Å². The number of amides is 1. The average molecular weight is 191 g/mol. The number of rotatable bonds is 6. The number of carbonyl (C=O) groups excluding carboxylic acids is 1. The molecule has 1 unspecified atom stereocenters. The summed E-state index contributed by atoms with van der Waals surface area (Å²) in [5.41, 5.74) is 0. The van der Waals surface area contributed by atoms with Crippen molar-refractivity contribution < 1.29 is 9.90 Å². The van der Waals surface area contributed by atoms with Crippen LogP contribution in [0.5, 0.6) is 0 Å². The van der Waals surface area contributed by atoms with Crippen LogP contribution in [0, 0.1) is 0 Å². The molecule has 2 N–H and O–H groups in total. The lowest BCUT2D eigenvalue weighted by atomic mass is 10.1. The van der Waals surface area contributed by atoms with Crippen LogP contribution in [-0.4, -0.2) is 35.7 Å². The zero-order valence-corrected chi connectivity index (χ0v) is 8.49. The average Bonchev–Trinajstić information content (AvgIpc) is 2.04. The molecular formula is C8H17NO2S. The van der Waals surface area contributed by atoms with Crippen LogP contribution in [0.15, 0.2) is 0 Å². The summed E-state index contributed by atoms with van der Waals surface area (Å²) in [7, 11) is 0. The monoisotopic (exact) mass is 191 g/mol. The van der Waals surface area contributed by atoms with Crippen molar-refractivity contribution >= 4 is 17.7 Å². The molecule has 4 heteroatoms. The van der Waals surface area contributed by atoms with E-state index in [0.717, 1.165) is 6.42 Å². The molecule has 0 aliphatic carbocycles. The van der Waals surface area contributed by atoms with Crippen molar-refractivity contribution in [3.05, 3.63) is 0 Å². The fourth-order valence-electron chi connectivity index (χ4n) is 0.935. The van der Waals surface area contributed by atoms with Crippen molar-refractivity contribution in [2.24, 2.45) is 0 Å². The molecule has 0 bridgehead atoms. The Morgan fingerprint density at radius 2 is 2.33 bits per heavy atom. The van der Waals surface area contributed by atoms with E-state index in [1.807, 2.05) is 13.2 Å². The van der Waals surface area contributed by atoms with E-state index in [1.54, 1.807) is 0 Å². The predicted octanol–water partition coefficient (Wildman–Crippen LogP) is 0.627. The highest BCUT2D eigenvalue weighted by Gasteiger charge is 2.08. The van der Waals surface area contributed by atoms with Gasteiger partial charge in [-0.3, -0.25) is 4.79 Å². The zero-order valence-electron chi connectivity index (χ0n) is 7.67. The Kier molecular flexibility index (Phi) is 7.29. The number of aliphatic hydroxyl groups excluding tert-OH is 1. The Balaban J connectivity index is 3.61. The third-order valence-corrected chi connectivity index (χ3v) is 2.16. The van der Waals surface area contributed by atoms with Gasteiger partial charge >= 0.3 is 0 Å². The second kappa shape index (κ2) is 7.43. The first-order valence-corrected chi connectivity index (χ1v) is 5.53. The van der Waals surface area contributed by atoms with E-state index >= 15 is 0 Å². The van der Waals surface area contributed by atoms with Crippen LogP contribution >= 0.6 is 11.8 Å². The minimum absolute atomic E-state index is 0.0581. The van der Waals surface area contributed by atoms with Crippen LogP contribution in [0.4, 0.5) is 0 Å². The summed E-state index contributed by atoms with van der Waals surface area (Å²) in [5.74, 6) is 0.560. The molecule has 0 aromatic carbocycles. The highest BCUT2D eigenvalue weighted by Crippen LogP contribution is 1.98. The minimum Gasteiger partial charge on any atom is -0.396 e. The third-order valence-electron chi connectivity index (χ3n) is 1.61. The molecule has 0 aliphatic rings. The van der Waals surface area contributed by atoms with Crippen LogP contribution in [0.25, 0.3) is 0 Å². The normalized spacial score (nSPS) is 12.6. The molecule has 1 amide bonds. The molecule has 0 heterocycles. The van der Waals surface area contributed by atoms with Crippen molar-refractivity contribution in [3.63, 3.8) is 0 Å². The first-order chi connectivity index (χ1) is 5.74. The van der Waals surface area contributed by atoms with Gasteiger partial charge in [0.05, 0.1) is 5.75 Å². The van der Waals surface area contributed by atoms with Gasteiger partial charge in [0.1, 0.15) is 0 Å². The van der Waals surface area contributed by atoms with E-state index in [-0.39, 0.29) is 18.6 Å². The molecule has 12 heavy (non-hydrogen) atoms. The summed E-state index contributed by atoms with van der Waals surface area (Å²) in [5, 5.41) is 11.5. The number of hydrogen-bond donors (Lipinski definition) is 2. The van der Waals surface area contributed by atoms with Crippen LogP contribution in [0.1, 0.15) is 19.8 Å². The maximum atomic E-state index is 11.1. The molecule has 0 aliphatic heterocycles. The molecule has 0 fully saturated rings. The molecule has 3 nitrogen and oxygen atoms in total. The predicted molar refractivity (Wildman–Crippen MR) is 52.3 cm³/mol. The standard InChI is InChI=1S/C8H17NO2S/c1-3-7(4-5-10)9-8(11)6-12-2/h7,10H,3-6H2,1-2H3,(H,9,11). The molecule has 0 aromatic heterocycles. The number of thioether (sulfide) groups is 1. The molecule has 0 aromatic rings. The van der Waals surface area contributed by atoms with E-state index in [2.05, 4.69) is 5.32 Å². The largest absolute Gasteiger partial charge is 0.396 e. The van der Waals surface area contributed by atoms with E-state index in [4.69, 9.17) is 5.11 Å². The smallest absolute Gasteiger partial charge is 0.230 e. The number of nitrogens with one attached hydrogen (secondary N) is 1. The maximum absolute atomic E-state index is 11.1. The Morgan fingerprint density at radius 3 is 2.75 bits per heavy atom. The summed E-state index contributed by atoms with van der Waals surface area (Å²) in [4.78, 5) is 11.1. The van der Waals surface area contributed by atoms with Crippen LogP contribution in [0.2, 0.25) is 0 Å². The van der Waals surface area contributed by atoms with E-state index < -0.39 is 0 Å². The van der Waals surface area contributed by atoms with Gasteiger partial charge in [0.15, 0.2) is 0 Å². The van der Waals surface area contributed by atoms with Crippen molar-refractivity contribution in [2.45, 2.75) is 25.8 Å². The summed E-state index contributed by atoms with van der Waals surface area (Å²) >= 11 is 1.51. The second-order valence-corrected chi connectivity index (χ2v) is 3.48. The highest BCUT2D eigenvalue weighted by molar-refractivity contribution is 7.99. The van der Waals surface area contributed by atoms with Gasteiger partial charge in [-0.25, -0.2) is 0 Å². The van der Waals surface area contributed by atoms with Crippen molar-refractivity contribution in [1.82, 2.24) is 5.32 Å². The number of aliphatic hydroxyl groups is 1. The molecular weight excluding hydrogens is 174 g/mol. The summed E-state index contributed by atoms with van der Waals surface area (Å²) in [6.45, 7) is 2.14. The minimum atomic E-state index is 0.0581. The lowest BCUT2D eigenvalue weighted by Crippen LogP contribution is -2.36. The Bertz CT molecular complexity index is 130. The SMILES string of the molecule is CCC(CCO)NC(=O)CSC. The molecule has 72 valence electrons. The topological polar surface area (TPSA) is 49.3 Å². The summed E-state index contributed by atoms with van der Waals surface area (Å²) in [6, 6.07) is 0.134. The zero-order chi connectivity index (χ0) is 9.40. The lowest BCUT2D eigenvalue weighted by Gasteiger charge is -2.14. The Morgan fingerprint density at radius 1 is 1.67 bits per heavy atom. The molecule has 1 atom stereocenters. The molecule has 0 rings (SSSR count). The van der Waals surface area contributed by atoms with Crippen molar-refractivity contribution in [3.8, 4) is 0 Å². The fourth-order valence-corrected chi connectivity index (χ4v) is 1.28. The number of carbonyl (C=O) groups is 1. The first-order valence-electron chi connectivity index (χ1n) is 4.13. The number of hydrogen-bond acceptors (Lipinski definition) is 3. The van der Waals surface area contributed by atoms with Gasteiger partial charge in [-0.1, -0.05) is 6.92 Å². The van der Waals surface area contributed by atoms with Crippen molar-refractivity contribution in [1.29, 1.82) is 0 Å². The van der Waals surface area contributed by atoms with Gasteiger partial charge in [0.2, 0.25) is 5.91 Å². The third kappa shape index (κ3) is 5.43. The molecule has 0 spiro atoms. The Hall–Kier alpha value is -0.220. The van der Waals surface area contributed by atoms with Gasteiger partial charge in [-0.2, -0.15) is 11.8 Å². The van der Waals surface area contributed by atoms with Gasteiger partial charge in [-0.15, -0.1) is 0 Å². The van der Waals surface area contributed by atoms with Gasteiger partial charge in [-0.05, 0) is 19.1 Å². The second-order valence-electron chi connectivity index (χ2n) is 2.62. The summed E-state index contributed by atoms with van der Waals surface area (Å²) in [6.07, 6.45) is 3.42. The van der Waals surface area contributed by atoms with Crippen molar-refractivity contribution in [2.75, 3.05) is 18.6 Å². The lowest BCUT2D eigenvalue weighted by molar-refractivity contribution is -0.119. The van der Waals surface area contributed by atoms with Gasteiger partial charge in [0, 0.05) is 12.6 Å². The highest BCUT2D eigenvalue weighted by atomic mass is 32.2. The van der Waals surface area contributed by atoms with E-state index in [0.29, 0.717) is 12.2 Å². The fraction of sp³-hybridized carbons (Fsp3) is 0.875. The van der Waals surface area contributed by atoms with E-state index in [9.17, 15) is 4.79 Å². The molecule has 0 saturated heterocycles. The Labute approximate surface area is 77.9 Å². The quantitative estimate of drug-likeness (QED) is 0.647. The molecule has 0 saturated carbocycles. The van der Waals surface area contributed by atoms with Gasteiger partial charge < -0.3 is 10.4 Å². The summed E-state index contributed by atoms with van der Waals surface area (Å²) < 4.78 is 0. The van der Waals surface area contributed by atoms with Gasteiger partial charge in [0.25, 0.3) is 0 Å². The first kappa shape index (κ1) is 11.8. The van der Waals surface area contributed by atoms with E-state index in [1.165, 1.54) is 11.8 Å². The molecule has 0 radical (unpaired) electrons. The maximum Gasteiger partial charge on any atom is 0.230 e. The van der Waals surface area contributed by atoms with Crippen LogP contribution < -0.4 is 5.32 Å². The van der Waals surface area contributed by atoms with Crippen LogP contribution in [-0.2, 0) is 4.79 Å².